The van der Waals surface area contributed by atoms with Crippen molar-refractivity contribution in [3.63, 3.8) is 0 Å². The molecular weight excluding hydrogens is 330 g/mol. The Morgan fingerprint density at radius 2 is 1.88 bits per heavy atom. The summed E-state index contributed by atoms with van der Waals surface area (Å²) in [5.74, 6) is 0.297. The van der Waals surface area contributed by atoms with Gasteiger partial charge in [0.2, 0.25) is 0 Å². The third-order valence-electron chi connectivity index (χ3n) is 4.35. The predicted molar refractivity (Wildman–Crippen MR) is 102 cm³/mol. The number of carbonyl (C=O) groups excluding carboxylic acids is 2. The number of benzene rings is 2. The molecule has 0 unspecified atom stereocenters. The lowest BCUT2D eigenvalue weighted by Crippen LogP contribution is -2.31. The SMILES string of the molecule is CCN(Cc1ccc(N(C)C)cc1)C(=O)c1ccc2c(c1)NC(=O)CO2. The summed E-state index contributed by atoms with van der Waals surface area (Å²) in [5.41, 5.74) is 3.26. The summed E-state index contributed by atoms with van der Waals surface area (Å²) in [6.45, 7) is 3.08. The van der Waals surface area contributed by atoms with Gasteiger partial charge in [0.25, 0.3) is 11.8 Å². The van der Waals surface area contributed by atoms with Crippen molar-refractivity contribution in [1.82, 2.24) is 4.90 Å². The van der Waals surface area contributed by atoms with Crippen LogP contribution in [0.15, 0.2) is 42.5 Å². The van der Waals surface area contributed by atoms with Gasteiger partial charge < -0.3 is 19.9 Å². The Bertz CT molecular complexity index is 816. The number of hydrogen-bond donors (Lipinski definition) is 1. The first-order valence-electron chi connectivity index (χ1n) is 8.60. The van der Waals surface area contributed by atoms with Crippen LogP contribution >= 0.6 is 0 Å². The molecule has 2 aromatic carbocycles. The molecule has 0 spiro atoms. The highest BCUT2D eigenvalue weighted by atomic mass is 16.5. The van der Waals surface area contributed by atoms with Crippen LogP contribution in [0.25, 0.3) is 0 Å². The van der Waals surface area contributed by atoms with E-state index >= 15 is 0 Å². The molecule has 26 heavy (non-hydrogen) atoms. The standard InChI is InChI=1S/C20H23N3O3/c1-4-23(12-14-5-8-16(9-6-14)22(2)3)20(25)15-7-10-18-17(11-15)21-19(24)13-26-18/h5-11H,4,12-13H2,1-3H3,(H,21,24). The van der Waals surface area contributed by atoms with E-state index in [2.05, 4.69) is 5.32 Å². The second kappa shape index (κ2) is 7.47. The maximum Gasteiger partial charge on any atom is 0.262 e. The van der Waals surface area contributed by atoms with E-state index in [9.17, 15) is 9.59 Å². The van der Waals surface area contributed by atoms with Crippen LogP contribution in [0.4, 0.5) is 11.4 Å². The number of anilines is 2. The number of ether oxygens (including phenoxy) is 1. The lowest BCUT2D eigenvalue weighted by atomic mass is 10.1. The molecule has 2 aromatic rings. The zero-order valence-electron chi connectivity index (χ0n) is 15.3. The van der Waals surface area contributed by atoms with Gasteiger partial charge in [-0.05, 0) is 42.8 Å². The normalized spacial score (nSPS) is 12.7. The Kier molecular flexibility index (Phi) is 5.11. The van der Waals surface area contributed by atoms with Crippen LogP contribution in [0, 0.1) is 0 Å². The van der Waals surface area contributed by atoms with E-state index in [1.807, 2.05) is 50.2 Å². The van der Waals surface area contributed by atoms with Crippen LogP contribution in [-0.2, 0) is 11.3 Å². The maximum absolute atomic E-state index is 12.9. The number of amides is 2. The van der Waals surface area contributed by atoms with Gasteiger partial charge in [-0.1, -0.05) is 12.1 Å². The van der Waals surface area contributed by atoms with Gasteiger partial charge in [-0.15, -0.1) is 0 Å². The summed E-state index contributed by atoms with van der Waals surface area (Å²) in [4.78, 5) is 28.2. The summed E-state index contributed by atoms with van der Waals surface area (Å²) >= 11 is 0. The fourth-order valence-corrected chi connectivity index (χ4v) is 2.85. The van der Waals surface area contributed by atoms with Gasteiger partial charge in [0.05, 0.1) is 5.69 Å². The van der Waals surface area contributed by atoms with Gasteiger partial charge in [-0.3, -0.25) is 9.59 Å². The Hall–Kier alpha value is -3.02. The van der Waals surface area contributed by atoms with Crippen molar-refractivity contribution in [3.8, 4) is 5.75 Å². The molecular formula is C20H23N3O3. The van der Waals surface area contributed by atoms with Crippen molar-refractivity contribution in [2.24, 2.45) is 0 Å². The van der Waals surface area contributed by atoms with Crippen LogP contribution in [0.5, 0.6) is 5.75 Å². The van der Waals surface area contributed by atoms with Crippen LogP contribution in [0.3, 0.4) is 0 Å². The van der Waals surface area contributed by atoms with Gasteiger partial charge >= 0.3 is 0 Å². The average Bonchev–Trinajstić information content (AvgIpc) is 2.65. The molecule has 6 heteroatoms. The monoisotopic (exact) mass is 353 g/mol. The molecule has 0 saturated heterocycles. The molecule has 1 N–H and O–H groups in total. The summed E-state index contributed by atoms with van der Waals surface area (Å²) in [7, 11) is 3.99. The molecule has 136 valence electrons. The van der Waals surface area contributed by atoms with Crippen LogP contribution in [-0.4, -0.2) is 44.0 Å². The summed E-state index contributed by atoms with van der Waals surface area (Å²) in [6.07, 6.45) is 0. The smallest absolute Gasteiger partial charge is 0.262 e. The maximum atomic E-state index is 12.9. The Balaban J connectivity index is 1.76. The van der Waals surface area contributed by atoms with E-state index in [0.29, 0.717) is 30.1 Å². The largest absolute Gasteiger partial charge is 0.482 e. The van der Waals surface area contributed by atoms with Crippen molar-refractivity contribution in [2.75, 3.05) is 37.5 Å². The van der Waals surface area contributed by atoms with Gasteiger partial charge in [-0.2, -0.15) is 0 Å². The van der Waals surface area contributed by atoms with Gasteiger partial charge in [0.1, 0.15) is 5.75 Å². The molecule has 0 fully saturated rings. The molecule has 1 heterocycles. The number of carbonyl (C=O) groups is 2. The van der Waals surface area contributed by atoms with Gasteiger partial charge in [0, 0.05) is 38.4 Å². The molecule has 2 amide bonds. The summed E-state index contributed by atoms with van der Waals surface area (Å²) in [6, 6.07) is 13.3. The zero-order valence-corrected chi connectivity index (χ0v) is 15.3. The highest BCUT2D eigenvalue weighted by Gasteiger charge is 2.20. The van der Waals surface area contributed by atoms with Crippen molar-refractivity contribution >= 4 is 23.2 Å². The van der Waals surface area contributed by atoms with Crippen molar-refractivity contribution in [3.05, 3.63) is 53.6 Å². The number of fused-ring (bicyclic) bond motifs is 1. The first-order valence-corrected chi connectivity index (χ1v) is 8.60. The Labute approximate surface area is 153 Å². The molecule has 6 nitrogen and oxygen atoms in total. The lowest BCUT2D eigenvalue weighted by molar-refractivity contribution is -0.118. The molecule has 3 rings (SSSR count). The molecule has 0 bridgehead atoms. The third-order valence-corrected chi connectivity index (χ3v) is 4.35. The first-order chi connectivity index (χ1) is 12.5. The van der Waals surface area contributed by atoms with E-state index in [0.717, 1.165) is 11.3 Å². The lowest BCUT2D eigenvalue weighted by Gasteiger charge is -2.23. The van der Waals surface area contributed by atoms with Gasteiger partial charge in [0.15, 0.2) is 6.61 Å². The Morgan fingerprint density at radius 3 is 2.54 bits per heavy atom. The van der Waals surface area contributed by atoms with Gasteiger partial charge in [-0.25, -0.2) is 0 Å². The van der Waals surface area contributed by atoms with E-state index in [4.69, 9.17) is 4.74 Å². The highest BCUT2D eigenvalue weighted by molar-refractivity contribution is 5.99. The minimum atomic E-state index is -0.213. The van der Waals surface area contributed by atoms with Crippen LogP contribution in [0.2, 0.25) is 0 Å². The Morgan fingerprint density at radius 1 is 1.15 bits per heavy atom. The third kappa shape index (κ3) is 3.79. The second-order valence-electron chi connectivity index (χ2n) is 6.43. The highest BCUT2D eigenvalue weighted by Crippen LogP contribution is 2.29. The molecule has 0 aromatic heterocycles. The quantitative estimate of drug-likeness (QED) is 0.898. The summed E-state index contributed by atoms with van der Waals surface area (Å²) in [5, 5.41) is 2.74. The van der Waals surface area contributed by atoms with Crippen LogP contribution in [0.1, 0.15) is 22.8 Å². The first kappa shape index (κ1) is 17.8. The van der Waals surface area contributed by atoms with E-state index < -0.39 is 0 Å². The van der Waals surface area contributed by atoms with E-state index in [1.54, 1.807) is 23.1 Å². The zero-order chi connectivity index (χ0) is 18.7. The minimum Gasteiger partial charge on any atom is -0.482 e. The van der Waals surface area contributed by atoms with Crippen molar-refractivity contribution in [1.29, 1.82) is 0 Å². The number of nitrogens with zero attached hydrogens (tertiary/aromatic N) is 2. The fourth-order valence-electron chi connectivity index (χ4n) is 2.85. The van der Waals surface area contributed by atoms with E-state index in [1.165, 1.54) is 0 Å². The molecule has 0 atom stereocenters. The molecule has 1 aliphatic heterocycles. The number of rotatable bonds is 5. The average molecular weight is 353 g/mol. The number of nitrogens with one attached hydrogen (secondary N) is 1. The minimum absolute atomic E-state index is 0.00429. The predicted octanol–water partition coefficient (Wildman–Crippen LogP) is 2.75. The molecule has 0 radical (unpaired) electrons. The van der Waals surface area contributed by atoms with Crippen molar-refractivity contribution < 1.29 is 14.3 Å². The molecule has 1 aliphatic rings. The topological polar surface area (TPSA) is 61.9 Å². The second-order valence-corrected chi connectivity index (χ2v) is 6.43. The van der Waals surface area contributed by atoms with Crippen molar-refractivity contribution in [2.45, 2.75) is 13.5 Å². The molecule has 0 aliphatic carbocycles. The molecule has 0 saturated carbocycles. The number of hydrogen-bond acceptors (Lipinski definition) is 4. The van der Waals surface area contributed by atoms with Crippen LogP contribution < -0.4 is 15.0 Å². The summed E-state index contributed by atoms with van der Waals surface area (Å²) < 4.78 is 5.34. The van der Waals surface area contributed by atoms with E-state index in [-0.39, 0.29) is 18.4 Å². The fraction of sp³-hybridized carbons (Fsp3) is 0.300.